The lowest BCUT2D eigenvalue weighted by Gasteiger charge is -2.19. The van der Waals surface area contributed by atoms with Crippen LogP contribution in [-0.2, 0) is 9.09 Å². The second-order valence-electron chi connectivity index (χ2n) is 3.09. The van der Waals surface area contributed by atoms with Crippen LogP contribution in [0.4, 0.5) is 13.2 Å². The first kappa shape index (κ1) is 14.9. The number of halogens is 3. The molecule has 0 heterocycles. The van der Waals surface area contributed by atoms with Gasteiger partial charge in [-0.15, -0.1) is 0 Å². The van der Waals surface area contributed by atoms with Crippen molar-refractivity contribution in [3.63, 3.8) is 0 Å². The van der Waals surface area contributed by atoms with Crippen molar-refractivity contribution in [1.82, 2.24) is 0 Å². The van der Waals surface area contributed by atoms with Crippen molar-refractivity contribution in [3.8, 4) is 0 Å². The van der Waals surface area contributed by atoms with Crippen molar-refractivity contribution in [2.75, 3.05) is 0 Å². The Morgan fingerprint density at radius 2 is 1.87 bits per heavy atom. The normalized spacial score (nSPS) is 16.7. The molecule has 4 nitrogen and oxygen atoms in total. The highest BCUT2D eigenvalue weighted by Crippen LogP contribution is 2.39. The smallest absolute Gasteiger partial charge is 0.303 e. The van der Waals surface area contributed by atoms with E-state index in [1.165, 1.54) is 0 Å². The first-order chi connectivity index (χ1) is 6.76. The van der Waals surface area contributed by atoms with Gasteiger partial charge in [0.1, 0.15) is 0 Å². The van der Waals surface area contributed by atoms with Crippen LogP contribution >= 0.6 is 7.82 Å². The van der Waals surface area contributed by atoms with Crippen LogP contribution in [0.25, 0.3) is 0 Å². The molecule has 0 bridgehead atoms. The SMILES string of the molecule is CCCC(CC(F)C(F)F)OP(=O)(O)O. The Morgan fingerprint density at radius 3 is 2.20 bits per heavy atom. The third kappa shape index (κ3) is 7.79. The van der Waals surface area contributed by atoms with Crippen molar-refractivity contribution in [2.24, 2.45) is 0 Å². The molecule has 15 heavy (non-hydrogen) atoms. The van der Waals surface area contributed by atoms with Crippen LogP contribution in [0.3, 0.4) is 0 Å². The maximum Gasteiger partial charge on any atom is 0.469 e. The molecular weight excluding hydrogens is 236 g/mol. The molecule has 0 aliphatic carbocycles. The topological polar surface area (TPSA) is 66.8 Å². The lowest BCUT2D eigenvalue weighted by atomic mass is 10.1. The predicted octanol–water partition coefficient (Wildman–Crippen LogP) is 2.26. The molecule has 0 aliphatic heterocycles. The molecule has 0 fully saturated rings. The van der Waals surface area contributed by atoms with E-state index in [0.717, 1.165) is 0 Å². The maximum atomic E-state index is 12.6. The Bertz CT molecular complexity index is 220. The largest absolute Gasteiger partial charge is 0.469 e. The molecule has 2 unspecified atom stereocenters. The number of rotatable bonds is 7. The molecule has 0 radical (unpaired) electrons. The van der Waals surface area contributed by atoms with E-state index in [1.807, 2.05) is 0 Å². The average molecular weight is 250 g/mol. The van der Waals surface area contributed by atoms with Gasteiger partial charge in [0.2, 0.25) is 0 Å². The molecule has 0 spiro atoms. The van der Waals surface area contributed by atoms with Gasteiger partial charge in [-0.3, -0.25) is 4.52 Å². The summed E-state index contributed by atoms with van der Waals surface area (Å²) in [5, 5.41) is 0. The van der Waals surface area contributed by atoms with E-state index >= 15 is 0 Å². The summed E-state index contributed by atoms with van der Waals surface area (Å²) in [5.74, 6) is 0. The highest BCUT2D eigenvalue weighted by Gasteiger charge is 2.28. The quantitative estimate of drug-likeness (QED) is 0.680. The maximum absolute atomic E-state index is 12.6. The number of alkyl halides is 3. The highest BCUT2D eigenvalue weighted by molar-refractivity contribution is 7.46. The van der Waals surface area contributed by atoms with E-state index in [9.17, 15) is 17.7 Å². The van der Waals surface area contributed by atoms with Crippen molar-refractivity contribution in [2.45, 2.75) is 44.9 Å². The number of hydrogen-bond acceptors (Lipinski definition) is 2. The number of phosphoric acid groups is 1. The van der Waals surface area contributed by atoms with Crippen LogP contribution in [0.1, 0.15) is 26.2 Å². The van der Waals surface area contributed by atoms with Gasteiger partial charge in [-0.2, -0.15) is 0 Å². The summed E-state index contributed by atoms with van der Waals surface area (Å²) in [5.41, 5.74) is 0. The molecular formula is C7H14F3O4P. The highest BCUT2D eigenvalue weighted by atomic mass is 31.2. The average Bonchev–Trinajstić information content (AvgIpc) is 2.00. The third-order valence-electron chi connectivity index (χ3n) is 1.66. The minimum Gasteiger partial charge on any atom is -0.303 e. The second kappa shape index (κ2) is 6.48. The minimum atomic E-state index is -4.75. The van der Waals surface area contributed by atoms with Crippen LogP contribution in [0.5, 0.6) is 0 Å². The lowest BCUT2D eigenvalue weighted by Crippen LogP contribution is -2.22. The fourth-order valence-electron chi connectivity index (χ4n) is 1.08. The van der Waals surface area contributed by atoms with Gasteiger partial charge in [-0.1, -0.05) is 13.3 Å². The fraction of sp³-hybridized carbons (Fsp3) is 1.00. The van der Waals surface area contributed by atoms with Crippen molar-refractivity contribution in [3.05, 3.63) is 0 Å². The van der Waals surface area contributed by atoms with Crippen LogP contribution in [0.2, 0.25) is 0 Å². The van der Waals surface area contributed by atoms with Crippen molar-refractivity contribution < 1.29 is 32.0 Å². The summed E-state index contributed by atoms with van der Waals surface area (Å²) in [4.78, 5) is 16.9. The van der Waals surface area contributed by atoms with E-state index in [0.29, 0.717) is 6.42 Å². The molecule has 0 aromatic carbocycles. The molecule has 0 rings (SSSR count). The first-order valence-corrected chi connectivity index (χ1v) is 5.95. The number of hydrogen-bond donors (Lipinski definition) is 2. The Morgan fingerprint density at radius 1 is 1.33 bits per heavy atom. The van der Waals surface area contributed by atoms with Gasteiger partial charge in [-0.05, 0) is 6.42 Å². The summed E-state index contributed by atoms with van der Waals surface area (Å²) >= 11 is 0. The fourth-order valence-corrected chi connectivity index (χ4v) is 1.66. The zero-order chi connectivity index (χ0) is 12.1. The third-order valence-corrected chi connectivity index (χ3v) is 2.23. The number of phosphoric ester groups is 1. The molecule has 0 amide bonds. The van der Waals surface area contributed by atoms with Gasteiger partial charge < -0.3 is 9.79 Å². The van der Waals surface area contributed by atoms with Gasteiger partial charge in [0.05, 0.1) is 6.10 Å². The monoisotopic (exact) mass is 250 g/mol. The Balaban J connectivity index is 4.21. The van der Waals surface area contributed by atoms with E-state index in [1.54, 1.807) is 6.92 Å². The molecule has 8 heteroatoms. The van der Waals surface area contributed by atoms with Gasteiger partial charge in [0, 0.05) is 6.42 Å². The predicted molar refractivity (Wildman–Crippen MR) is 47.3 cm³/mol. The van der Waals surface area contributed by atoms with Gasteiger partial charge in [-0.25, -0.2) is 17.7 Å². The minimum absolute atomic E-state index is 0.123. The van der Waals surface area contributed by atoms with Crippen molar-refractivity contribution in [1.29, 1.82) is 0 Å². The Hall–Kier alpha value is -0.100. The van der Waals surface area contributed by atoms with E-state index in [2.05, 4.69) is 4.52 Å². The van der Waals surface area contributed by atoms with Crippen LogP contribution in [0.15, 0.2) is 0 Å². The van der Waals surface area contributed by atoms with E-state index in [-0.39, 0.29) is 6.42 Å². The molecule has 0 aromatic rings. The summed E-state index contributed by atoms with van der Waals surface area (Å²) in [6.45, 7) is 1.67. The summed E-state index contributed by atoms with van der Waals surface area (Å²) in [6, 6.07) is 0. The summed E-state index contributed by atoms with van der Waals surface area (Å²) in [6.07, 6.45) is -6.90. The molecule has 0 saturated carbocycles. The first-order valence-electron chi connectivity index (χ1n) is 4.42. The van der Waals surface area contributed by atoms with E-state index < -0.39 is 32.9 Å². The Labute approximate surface area is 85.7 Å². The zero-order valence-electron chi connectivity index (χ0n) is 8.15. The van der Waals surface area contributed by atoms with Gasteiger partial charge in [0.15, 0.2) is 6.17 Å². The Kier molecular flexibility index (Phi) is 6.43. The lowest BCUT2D eigenvalue weighted by molar-refractivity contribution is 0.0138. The molecule has 2 atom stereocenters. The summed E-state index contributed by atoms with van der Waals surface area (Å²) in [7, 11) is -4.75. The standard InChI is InChI=1S/C7H14F3O4P/c1-2-3-5(14-15(11,12)13)4-6(8)7(9)10/h5-7H,2-4H2,1H3,(H2,11,12,13). The molecule has 0 aliphatic rings. The van der Waals surface area contributed by atoms with Gasteiger partial charge >= 0.3 is 7.82 Å². The van der Waals surface area contributed by atoms with E-state index in [4.69, 9.17) is 9.79 Å². The zero-order valence-corrected chi connectivity index (χ0v) is 9.04. The summed E-state index contributed by atoms with van der Waals surface area (Å²) < 4.78 is 50.9. The van der Waals surface area contributed by atoms with Crippen LogP contribution < -0.4 is 0 Å². The van der Waals surface area contributed by atoms with Crippen LogP contribution in [-0.4, -0.2) is 28.5 Å². The molecule has 0 saturated heterocycles. The second-order valence-corrected chi connectivity index (χ2v) is 4.28. The van der Waals surface area contributed by atoms with Crippen molar-refractivity contribution >= 4 is 7.82 Å². The van der Waals surface area contributed by atoms with Crippen LogP contribution in [0, 0.1) is 0 Å². The molecule has 0 aromatic heterocycles. The molecule has 2 N–H and O–H groups in total. The van der Waals surface area contributed by atoms with Gasteiger partial charge in [0.25, 0.3) is 6.43 Å². The molecule has 92 valence electrons.